The zero-order valence-electron chi connectivity index (χ0n) is 23.0. The van der Waals surface area contributed by atoms with Gasteiger partial charge in [0.2, 0.25) is 5.91 Å². The molecule has 230 valence electrons. The standard InChI is InChI=1S/C25H33N5O4S.C2HF3O2/c1-19-6-2-3-7-23(19)35(33,34)28-20-9-10-22(29-16-12-26-13-17-29)21(18-20)25(32)27-11-5-15-30-14-4-8-24(30)31;3-2(4,5)1(6)7/h2-3,6-7,9-10,18,26,28H,4-5,8,11-17H2,1H3,(H,27,32);(H,6,7). The highest BCUT2D eigenvalue weighted by atomic mass is 32.2. The number of piperazine rings is 1. The van der Waals surface area contributed by atoms with Gasteiger partial charge in [-0.3, -0.25) is 14.3 Å². The molecule has 0 spiro atoms. The van der Waals surface area contributed by atoms with Crippen LogP contribution in [0.4, 0.5) is 24.5 Å². The van der Waals surface area contributed by atoms with Gasteiger partial charge in [0.1, 0.15) is 0 Å². The quantitative estimate of drug-likeness (QED) is 0.316. The van der Waals surface area contributed by atoms with Crippen molar-refractivity contribution in [2.75, 3.05) is 55.4 Å². The average Bonchev–Trinajstić information content (AvgIpc) is 3.35. The molecule has 2 aromatic carbocycles. The van der Waals surface area contributed by atoms with E-state index in [1.807, 2.05) is 4.90 Å². The van der Waals surface area contributed by atoms with Gasteiger partial charge in [0, 0.05) is 63.6 Å². The van der Waals surface area contributed by atoms with E-state index in [4.69, 9.17) is 9.90 Å². The Bertz CT molecular complexity index is 1380. The van der Waals surface area contributed by atoms with Crippen LogP contribution < -0.4 is 20.3 Å². The summed E-state index contributed by atoms with van der Waals surface area (Å²) in [4.78, 5) is 38.1. The second-order valence-electron chi connectivity index (χ2n) is 9.74. The summed E-state index contributed by atoms with van der Waals surface area (Å²) in [7, 11) is -3.80. The number of carboxylic acids is 1. The zero-order valence-corrected chi connectivity index (χ0v) is 23.9. The van der Waals surface area contributed by atoms with Crippen LogP contribution in [-0.2, 0) is 19.6 Å². The minimum absolute atomic E-state index is 0.172. The molecule has 0 saturated carbocycles. The highest BCUT2D eigenvalue weighted by Crippen LogP contribution is 2.27. The number of sulfonamides is 1. The van der Waals surface area contributed by atoms with Gasteiger partial charge in [0.25, 0.3) is 15.9 Å². The Labute approximate surface area is 242 Å². The summed E-state index contributed by atoms with van der Waals surface area (Å²) in [5.41, 5.74) is 2.18. The van der Waals surface area contributed by atoms with Gasteiger partial charge in [-0.2, -0.15) is 13.2 Å². The molecule has 0 radical (unpaired) electrons. The van der Waals surface area contributed by atoms with E-state index in [9.17, 15) is 31.2 Å². The van der Waals surface area contributed by atoms with Gasteiger partial charge >= 0.3 is 12.1 Å². The van der Waals surface area contributed by atoms with Crippen LogP contribution in [0.5, 0.6) is 0 Å². The van der Waals surface area contributed by atoms with Gasteiger partial charge in [-0.15, -0.1) is 0 Å². The largest absolute Gasteiger partial charge is 0.490 e. The third-order valence-corrected chi connectivity index (χ3v) is 8.18. The first-order chi connectivity index (χ1) is 19.8. The lowest BCUT2D eigenvalue weighted by atomic mass is 10.1. The minimum Gasteiger partial charge on any atom is -0.475 e. The Kier molecular flexibility index (Phi) is 11.2. The second-order valence-corrected chi connectivity index (χ2v) is 11.4. The number of hydrogen-bond acceptors (Lipinski definition) is 7. The molecule has 11 nitrogen and oxygen atoms in total. The first-order valence-electron chi connectivity index (χ1n) is 13.3. The number of nitrogens with one attached hydrogen (secondary N) is 3. The fraction of sp³-hybridized carbons (Fsp3) is 0.444. The van der Waals surface area contributed by atoms with E-state index >= 15 is 0 Å². The third kappa shape index (κ3) is 9.08. The van der Waals surface area contributed by atoms with E-state index in [0.717, 1.165) is 44.8 Å². The van der Waals surface area contributed by atoms with Crippen LogP contribution in [0.1, 0.15) is 35.2 Å². The molecule has 2 heterocycles. The van der Waals surface area contributed by atoms with Gasteiger partial charge in [-0.1, -0.05) is 18.2 Å². The van der Waals surface area contributed by atoms with Crippen LogP contribution in [0.2, 0.25) is 0 Å². The molecule has 2 aliphatic heterocycles. The molecule has 4 rings (SSSR count). The number of carbonyl (C=O) groups is 3. The Morgan fingerprint density at radius 3 is 2.33 bits per heavy atom. The summed E-state index contributed by atoms with van der Waals surface area (Å²) < 4.78 is 60.3. The number of anilines is 2. The van der Waals surface area contributed by atoms with Gasteiger partial charge in [-0.25, -0.2) is 13.2 Å². The average molecular weight is 614 g/mol. The van der Waals surface area contributed by atoms with Crippen LogP contribution >= 0.6 is 0 Å². The van der Waals surface area contributed by atoms with E-state index in [-0.39, 0.29) is 16.7 Å². The molecule has 2 aliphatic rings. The number of amides is 2. The molecule has 0 atom stereocenters. The molecule has 2 aromatic rings. The third-order valence-electron chi connectivity index (χ3n) is 6.64. The molecule has 15 heteroatoms. The predicted octanol–water partition coefficient (Wildman–Crippen LogP) is 2.58. The van der Waals surface area contributed by atoms with Crippen molar-refractivity contribution >= 4 is 39.2 Å². The van der Waals surface area contributed by atoms with E-state index in [1.54, 1.807) is 49.4 Å². The van der Waals surface area contributed by atoms with Gasteiger partial charge in [0.05, 0.1) is 10.5 Å². The molecule has 2 fully saturated rings. The van der Waals surface area contributed by atoms with E-state index in [2.05, 4.69) is 20.3 Å². The first-order valence-corrected chi connectivity index (χ1v) is 14.8. The molecular weight excluding hydrogens is 579 g/mol. The number of aryl methyl sites for hydroxylation is 1. The number of carboxylic acid groups (broad SMARTS) is 1. The smallest absolute Gasteiger partial charge is 0.475 e. The first kappa shape index (κ1) is 32.7. The summed E-state index contributed by atoms with van der Waals surface area (Å²) in [6.45, 7) is 6.72. The van der Waals surface area contributed by atoms with Crippen LogP contribution in [-0.4, -0.2) is 88.2 Å². The Morgan fingerprint density at radius 1 is 1.07 bits per heavy atom. The van der Waals surface area contributed by atoms with Crippen molar-refractivity contribution in [3.05, 3.63) is 53.6 Å². The molecule has 0 bridgehead atoms. The number of rotatable bonds is 9. The lowest BCUT2D eigenvalue weighted by molar-refractivity contribution is -0.192. The SMILES string of the molecule is Cc1ccccc1S(=O)(=O)Nc1ccc(N2CCNCC2)c(C(=O)NCCCN2CCCC2=O)c1.O=C(O)C(F)(F)F. The van der Waals surface area contributed by atoms with E-state index < -0.39 is 22.2 Å². The molecule has 0 unspecified atom stereocenters. The monoisotopic (exact) mass is 613 g/mol. The minimum atomic E-state index is -5.08. The number of benzene rings is 2. The van der Waals surface area contributed by atoms with Gasteiger partial charge in [0.15, 0.2) is 0 Å². The lowest BCUT2D eigenvalue weighted by Crippen LogP contribution is -2.44. The number of aliphatic carboxylic acids is 1. The number of halogens is 3. The van der Waals surface area contributed by atoms with Crippen molar-refractivity contribution in [1.82, 2.24) is 15.5 Å². The fourth-order valence-corrected chi connectivity index (χ4v) is 5.84. The van der Waals surface area contributed by atoms with Crippen molar-refractivity contribution in [3.63, 3.8) is 0 Å². The number of hydrogen-bond donors (Lipinski definition) is 4. The summed E-state index contributed by atoms with van der Waals surface area (Å²) in [6, 6.07) is 11.9. The Morgan fingerprint density at radius 2 is 1.74 bits per heavy atom. The summed E-state index contributed by atoms with van der Waals surface area (Å²) in [6.07, 6.45) is -2.92. The maximum atomic E-state index is 13.2. The molecule has 2 amide bonds. The highest BCUT2D eigenvalue weighted by molar-refractivity contribution is 7.92. The van der Waals surface area contributed by atoms with E-state index in [1.165, 1.54) is 0 Å². The highest BCUT2D eigenvalue weighted by Gasteiger charge is 2.38. The van der Waals surface area contributed by atoms with Crippen molar-refractivity contribution in [1.29, 1.82) is 0 Å². The Balaban J connectivity index is 0.000000616. The number of nitrogens with zero attached hydrogens (tertiary/aromatic N) is 2. The molecular formula is C27H34F3N5O6S. The van der Waals surface area contributed by atoms with Crippen molar-refractivity contribution in [3.8, 4) is 0 Å². The van der Waals surface area contributed by atoms with Crippen LogP contribution in [0.15, 0.2) is 47.4 Å². The van der Waals surface area contributed by atoms with Crippen molar-refractivity contribution < 1.29 is 41.1 Å². The fourth-order valence-electron chi connectivity index (χ4n) is 4.54. The predicted molar refractivity (Wildman–Crippen MR) is 150 cm³/mol. The molecule has 4 N–H and O–H groups in total. The number of carbonyl (C=O) groups excluding carboxylic acids is 2. The van der Waals surface area contributed by atoms with Gasteiger partial charge < -0.3 is 25.5 Å². The normalized spacial score (nSPS) is 15.6. The molecule has 2 saturated heterocycles. The maximum absolute atomic E-state index is 13.2. The number of alkyl halides is 3. The van der Waals surface area contributed by atoms with Crippen LogP contribution in [0.3, 0.4) is 0 Å². The van der Waals surface area contributed by atoms with E-state index in [0.29, 0.717) is 42.7 Å². The Hall–Kier alpha value is -3.85. The van der Waals surface area contributed by atoms with Gasteiger partial charge in [-0.05, 0) is 49.6 Å². The topological polar surface area (TPSA) is 148 Å². The van der Waals surface area contributed by atoms with Crippen LogP contribution in [0.25, 0.3) is 0 Å². The summed E-state index contributed by atoms with van der Waals surface area (Å²) in [5, 5.41) is 13.4. The van der Waals surface area contributed by atoms with Crippen molar-refractivity contribution in [2.45, 2.75) is 37.3 Å². The maximum Gasteiger partial charge on any atom is 0.490 e. The summed E-state index contributed by atoms with van der Waals surface area (Å²) in [5.74, 6) is -2.85. The summed E-state index contributed by atoms with van der Waals surface area (Å²) >= 11 is 0. The zero-order chi connectivity index (χ0) is 30.9. The second kappa shape index (κ2) is 14.4. The molecule has 0 aliphatic carbocycles. The van der Waals surface area contributed by atoms with Crippen molar-refractivity contribution in [2.24, 2.45) is 0 Å². The lowest BCUT2D eigenvalue weighted by Gasteiger charge is -2.31. The van der Waals surface area contributed by atoms with Crippen LogP contribution in [0, 0.1) is 6.92 Å². The molecule has 0 aromatic heterocycles. The number of likely N-dealkylation sites (tertiary alicyclic amines) is 1. The molecule has 42 heavy (non-hydrogen) atoms.